The summed E-state index contributed by atoms with van der Waals surface area (Å²) in [5.41, 5.74) is -2.82. The molecular weight excluding hydrogens is 503 g/mol. The molecule has 2 N–H and O–H groups in total. The first-order chi connectivity index (χ1) is 18.1. The summed E-state index contributed by atoms with van der Waals surface area (Å²) < 4.78 is 50.7. The van der Waals surface area contributed by atoms with Crippen LogP contribution >= 0.6 is 0 Å². The third kappa shape index (κ3) is 4.28. The number of fused-ring (bicyclic) bond motifs is 2. The molecule has 5 fully saturated rings. The van der Waals surface area contributed by atoms with E-state index in [1.807, 2.05) is 4.90 Å². The smallest absolute Gasteiger partial charge is 0.389 e. The average Bonchev–Trinajstić information content (AvgIpc) is 3.62. The second kappa shape index (κ2) is 9.57. The molecular formula is C26H36F3N5O4. The predicted molar refractivity (Wildman–Crippen MR) is 130 cm³/mol. The summed E-state index contributed by atoms with van der Waals surface area (Å²) in [6.45, 7) is 2.01. The number of aliphatic hydroxyl groups is 1. The summed E-state index contributed by atoms with van der Waals surface area (Å²) in [5, 5.41) is 15.4. The number of carbonyl (C=O) groups excluding carboxylic acids is 1. The van der Waals surface area contributed by atoms with Gasteiger partial charge in [0.15, 0.2) is 0 Å². The van der Waals surface area contributed by atoms with Crippen molar-refractivity contribution in [1.29, 1.82) is 0 Å². The summed E-state index contributed by atoms with van der Waals surface area (Å²) in [6, 6.07) is 0.840. The van der Waals surface area contributed by atoms with E-state index in [0.717, 1.165) is 31.5 Å². The molecule has 2 aliphatic carbocycles. The van der Waals surface area contributed by atoms with Crippen LogP contribution in [0.4, 0.5) is 19.1 Å². The third-order valence-corrected chi connectivity index (χ3v) is 9.74. The number of nitrogens with one attached hydrogen (secondary N) is 1. The van der Waals surface area contributed by atoms with Crippen LogP contribution in [0.2, 0.25) is 0 Å². The van der Waals surface area contributed by atoms with Crippen molar-refractivity contribution in [3.63, 3.8) is 0 Å². The van der Waals surface area contributed by atoms with Crippen LogP contribution in [0.15, 0.2) is 12.3 Å². The minimum absolute atomic E-state index is 0.00335. The van der Waals surface area contributed by atoms with E-state index in [2.05, 4.69) is 15.3 Å². The van der Waals surface area contributed by atoms with E-state index in [4.69, 9.17) is 9.47 Å². The Morgan fingerprint density at radius 1 is 1.24 bits per heavy atom. The van der Waals surface area contributed by atoms with E-state index < -0.39 is 22.9 Å². The number of halogens is 3. The Morgan fingerprint density at radius 3 is 2.71 bits per heavy atom. The fourth-order valence-corrected chi connectivity index (χ4v) is 7.51. The number of rotatable bonds is 6. The summed E-state index contributed by atoms with van der Waals surface area (Å²) in [4.78, 5) is 25.8. The van der Waals surface area contributed by atoms with Crippen molar-refractivity contribution in [3.05, 3.63) is 18.0 Å². The number of likely N-dealkylation sites (tertiary alicyclic amines) is 1. The Hall–Kier alpha value is -2.02. The molecule has 3 saturated heterocycles. The van der Waals surface area contributed by atoms with Crippen LogP contribution in [-0.2, 0) is 20.4 Å². The van der Waals surface area contributed by atoms with Crippen molar-refractivity contribution in [2.75, 3.05) is 38.3 Å². The van der Waals surface area contributed by atoms with Gasteiger partial charge in [0.2, 0.25) is 11.9 Å². The van der Waals surface area contributed by atoms with Gasteiger partial charge < -0.3 is 29.7 Å². The Balaban J connectivity index is 1.17. The van der Waals surface area contributed by atoms with Gasteiger partial charge in [-0.15, -0.1) is 0 Å². The molecule has 38 heavy (non-hydrogen) atoms. The quantitative estimate of drug-likeness (QED) is 0.568. The van der Waals surface area contributed by atoms with E-state index in [9.17, 15) is 23.1 Å². The molecule has 2 bridgehead atoms. The maximum absolute atomic E-state index is 14.3. The number of aromatic nitrogens is 2. The third-order valence-electron chi connectivity index (χ3n) is 9.74. The summed E-state index contributed by atoms with van der Waals surface area (Å²) in [5.74, 6) is 0.0532. The van der Waals surface area contributed by atoms with Crippen LogP contribution in [0.5, 0.6) is 0 Å². The average molecular weight is 540 g/mol. The molecule has 1 amide bonds. The molecule has 0 aromatic carbocycles. The molecule has 2 saturated carbocycles. The molecule has 4 heterocycles. The van der Waals surface area contributed by atoms with Gasteiger partial charge in [-0.25, -0.2) is 9.97 Å². The van der Waals surface area contributed by atoms with E-state index in [1.165, 1.54) is 0 Å². The molecule has 6 rings (SSSR count). The van der Waals surface area contributed by atoms with Gasteiger partial charge in [0.25, 0.3) is 0 Å². The zero-order valence-electron chi connectivity index (χ0n) is 21.6. The largest absolute Gasteiger partial charge is 0.433 e. The molecule has 5 aliphatic rings. The number of hydrogen-bond donors (Lipinski definition) is 2. The van der Waals surface area contributed by atoms with Crippen LogP contribution in [0.25, 0.3) is 0 Å². The fourth-order valence-electron chi connectivity index (χ4n) is 7.51. The number of hydrogen-bond acceptors (Lipinski definition) is 8. The van der Waals surface area contributed by atoms with E-state index >= 15 is 0 Å². The van der Waals surface area contributed by atoms with Crippen LogP contribution in [0.1, 0.15) is 57.1 Å². The highest BCUT2D eigenvalue weighted by Crippen LogP contribution is 2.57. The molecule has 6 atom stereocenters. The highest BCUT2D eigenvalue weighted by atomic mass is 19.4. The minimum atomic E-state index is -4.54. The molecule has 0 radical (unpaired) electrons. The Labute approximate surface area is 220 Å². The maximum Gasteiger partial charge on any atom is 0.433 e. The number of anilines is 1. The molecule has 9 nitrogen and oxygen atoms in total. The van der Waals surface area contributed by atoms with Gasteiger partial charge in [0.05, 0.1) is 35.8 Å². The SMILES string of the molecule is CO[C@@H]1COCC[C@@H]1N[C@@H]1CC[C@@](C(=O)N2C[C@H]3C[C@H]2CN3c2nccc(C(F)(F)F)n2)(C2(O)CCC2)C1. The van der Waals surface area contributed by atoms with Gasteiger partial charge in [0.1, 0.15) is 5.69 Å². The summed E-state index contributed by atoms with van der Waals surface area (Å²) >= 11 is 0. The Kier molecular flexibility index (Phi) is 6.60. The van der Waals surface area contributed by atoms with E-state index in [1.54, 1.807) is 12.0 Å². The molecule has 12 heteroatoms. The van der Waals surface area contributed by atoms with Crippen LogP contribution in [0, 0.1) is 5.41 Å². The number of nitrogens with zero attached hydrogens (tertiary/aromatic N) is 4. The fraction of sp³-hybridized carbons (Fsp3) is 0.808. The number of ether oxygens (including phenoxy) is 2. The van der Waals surface area contributed by atoms with Crippen molar-refractivity contribution in [2.45, 2.75) is 93.4 Å². The molecule has 1 aromatic rings. The Morgan fingerprint density at radius 2 is 2.05 bits per heavy atom. The lowest BCUT2D eigenvalue weighted by Gasteiger charge is -2.52. The van der Waals surface area contributed by atoms with Crippen molar-refractivity contribution >= 4 is 11.9 Å². The highest BCUT2D eigenvalue weighted by Gasteiger charge is 2.64. The topological polar surface area (TPSA) is 100 Å². The molecule has 0 unspecified atom stereocenters. The lowest BCUT2D eigenvalue weighted by atomic mass is 9.59. The summed E-state index contributed by atoms with van der Waals surface area (Å²) in [7, 11) is 1.68. The van der Waals surface area contributed by atoms with Gasteiger partial charge in [-0.1, -0.05) is 0 Å². The Bertz CT molecular complexity index is 1060. The van der Waals surface area contributed by atoms with Crippen molar-refractivity contribution < 1.29 is 32.5 Å². The molecule has 0 spiro atoms. The predicted octanol–water partition coefficient (Wildman–Crippen LogP) is 2.13. The van der Waals surface area contributed by atoms with Crippen molar-refractivity contribution in [1.82, 2.24) is 20.2 Å². The van der Waals surface area contributed by atoms with Crippen molar-refractivity contribution in [2.24, 2.45) is 5.41 Å². The minimum Gasteiger partial charge on any atom is -0.389 e. The monoisotopic (exact) mass is 539 g/mol. The summed E-state index contributed by atoms with van der Waals surface area (Å²) in [6.07, 6.45) is 2.20. The first-order valence-electron chi connectivity index (χ1n) is 13.7. The van der Waals surface area contributed by atoms with Crippen LogP contribution < -0.4 is 10.2 Å². The zero-order valence-corrected chi connectivity index (χ0v) is 21.6. The standard InChI is InChI=1S/C26H36F3N5O4/c1-37-20-15-38-10-5-19(20)31-16-3-8-24(12-16,25(36)6-2-7-25)22(35)33-13-18-11-17(33)14-34(18)23-30-9-4-21(32-23)26(27,28)29/h4,9,16-20,31,36H,2-3,5-8,10-15H2,1H3/t16-,17+,18-,19+,20-,24-/m1/s1. The van der Waals surface area contributed by atoms with Crippen molar-refractivity contribution in [3.8, 4) is 0 Å². The maximum atomic E-state index is 14.3. The van der Waals surface area contributed by atoms with Gasteiger partial charge in [-0.05, 0) is 57.4 Å². The second-order valence-corrected chi connectivity index (χ2v) is 11.7. The lowest BCUT2D eigenvalue weighted by molar-refractivity contribution is -0.178. The lowest BCUT2D eigenvalue weighted by Crippen LogP contribution is -2.63. The van der Waals surface area contributed by atoms with Gasteiger partial charge >= 0.3 is 6.18 Å². The van der Waals surface area contributed by atoms with E-state index in [-0.39, 0.29) is 42.1 Å². The highest BCUT2D eigenvalue weighted by molar-refractivity contribution is 5.86. The number of alkyl halides is 3. The molecule has 3 aliphatic heterocycles. The van der Waals surface area contributed by atoms with Gasteiger partial charge in [0, 0.05) is 45.1 Å². The number of amides is 1. The molecule has 210 valence electrons. The van der Waals surface area contributed by atoms with Gasteiger partial charge in [-0.2, -0.15) is 13.2 Å². The van der Waals surface area contributed by atoms with Crippen LogP contribution in [0.3, 0.4) is 0 Å². The number of carbonyl (C=O) groups is 1. The van der Waals surface area contributed by atoms with Crippen LogP contribution in [-0.4, -0.2) is 95.2 Å². The normalized spacial score (nSPS) is 36.5. The van der Waals surface area contributed by atoms with Gasteiger partial charge in [-0.3, -0.25) is 4.79 Å². The van der Waals surface area contributed by atoms with E-state index in [0.29, 0.717) is 58.4 Å². The number of piperazine rings is 1. The first-order valence-corrected chi connectivity index (χ1v) is 13.7. The zero-order chi connectivity index (χ0) is 26.7. The molecule has 1 aromatic heterocycles. The first kappa shape index (κ1) is 26.2. The second-order valence-electron chi connectivity index (χ2n) is 11.7. The number of methoxy groups -OCH3 is 1.